The number of hydrogen-bond acceptors (Lipinski definition) is 5. The molecule has 0 spiro atoms. The lowest BCUT2D eigenvalue weighted by atomic mass is 10.4. The Morgan fingerprint density at radius 1 is 1.43 bits per heavy atom. The molecule has 0 aliphatic carbocycles. The van der Waals surface area contributed by atoms with Gasteiger partial charge in [0.1, 0.15) is 5.82 Å². The van der Waals surface area contributed by atoms with Crippen LogP contribution in [0.3, 0.4) is 0 Å². The summed E-state index contributed by atoms with van der Waals surface area (Å²) in [5, 5.41) is 4.02. The summed E-state index contributed by atoms with van der Waals surface area (Å²) in [6, 6.07) is 0. The van der Waals surface area contributed by atoms with Gasteiger partial charge in [-0.15, -0.1) is 0 Å². The number of rotatable bonds is 3. The maximum absolute atomic E-state index is 4.17. The van der Waals surface area contributed by atoms with Crippen LogP contribution >= 0.6 is 23.5 Å². The quantitative estimate of drug-likeness (QED) is 0.851. The van der Waals surface area contributed by atoms with Crippen molar-refractivity contribution in [1.82, 2.24) is 9.97 Å². The van der Waals surface area contributed by atoms with E-state index in [0.717, 1.165) is 17.6 Å². The van der Waals surface area contributed by atoms with E-state index >= 15 is 0 Å². The zero-order valence-electron chi connectivity index (χ0n) is 7.85. The number of nitrogens with one attached hydrogen (secondary N) is 1. The number of thioether (sulfide) groups is 2. The molecule has 1 aliphatic rings. The minimum absolute atomic E-state index is 0.718. The standard InChI is InChI=1S/C9H13N3S2/c1-2-11-9(6-10-1)12-5-8-7-13-3-4-14-8/h1-2,6,8H,3-5,7H2,(H,11,12). The molecule has 1 aromatic heterocycles. The molecule has 14 heavy (non-hydrogen) atoms. The van der Waals surface area contributed by atoms with E-state index in [2.05, 4.69) is 27.0 Å². The highest BCUT2D eigenvalue weighted by molar-refractivity contribution is 8.06. The van der Waals surface area contributed by atoms with Gasteiger partial charge in [0.2, 0.25) is 0 Å². The Bertz CT molecular complexity index is 262. The molecule has 1 saturated heterocycles. The first-order valence-corrected chi connectivity index (χ1v) is 6.85. The van der Waals surface area contributed by atoms with Gasteiger partial charge in [0.05, 0.1) is 6.20 Å². The van der Waals surface area contributed by atoms with Crippen LogP contribution in [-0.4, -0.2) is 39.0 Å². The highest BCUT2D eigenvalue weighted by Gasteiger charge is 2.13. The Labute approximate surface area is 92.5 Å². The summed E-state index contributed by atoms with van der Waals surface area (Å²) >= 11 is 4.09. The fourth-order valence-corrected chi connectivity index (χ4v) is 3.88. The van der Waals surface area contributed by atoms with Crippen LogP contribution < -0.4 is 5.32 Å². The van der Waals surface area contributed by atoms with Crippen LogP contribution in [-0.2, 0) is 0 Å². The summed E-state index contributed by atoms with van der Waals surface area (Å²) in [4.78, 5) is 8.18. The number of hydrogen-bond donors (Lipinski definition) is 1. The van der Waals surface area contributed by atoms with E-state index in [1.807, 2.05) is 11.8 Å². The van der Waals surface area contributed by atoms with Crippen molar-refractivity contribution >= 4 is 29.3 Å². The molecule has 0 aromatic carbocycles. The van der Waals surface area contributed by atoms with E-state index in [0.29, 0.717) is 0 Å². The summed E-state index contributed by atoms with van der Waals surface area (Å²) in [5.41, 5.74) is 0. The molecule has 2 rings (SSSR count). The monoisotopic (exact) mass is 227 g/mol. The third-order valence-electron chi connectivity index (χ3n) is 1.96. The zero-order valence-corrected chi connectivity index (χ0v) is 9.48. The lowest BCUT2D eigenvalue weighted by Gasteiger charge is -2.21. The molecule has 1 N–H and O–H groups in total. The molecule has 3 nitrogen and oxygen atoms in total. The molecule has 1 aliphatic heterocycles. The summed E-state index contributed by atoms with van der Waals surface area (Å²) in [6.45, 7) is 0.996. The van der Waals surface area contributed by atoms with E-state index in [4.69, 9.17) is 0 Å². The molecular formula is C9H13N3S2. The Balaban J connectivity index is 1.76. The van der Waals surface area contributed by atoms with Gasteiger partial charge in [0.25, 0.3) is 0 Å². The third kappa shape index (κ3) is 3.06. The van der Waals surface area contributed by atoms with Gasteiger partial charge in [0, 0.05) is 41.4 Å². The van der Waals surface area contributed by atoms with Crippen LogP contribution in [0.1, 0.15) is 0 Å². The Morgan fingerprint density at radius 2 is 2.43 bits per heavy atom. The van der Waals surface area contributed by atoms with E-state index in [1.54, 1.807) is 18.6 Å². The van der Waals surface area contributed by atoms with Crippen LogP contribution in [0.4, 0.5) is 5.82 Å². The maximum Gasteiger partial charge on any atom is 0.144 e. The Hall–Kier alpha value is -0.420. The third-order valence-corrected chi connectivity index (χ3v) is 4.80. The predicted octanol–water partition coefficient (Wildman–Crippen LogP) is 1.74. The van der Waals surface area contributed by atoms with Crippen molar-refractivity contribution in [3.05, 3.63) is 18.6 Å². The lowest BCUT2D eigenvalue weighted by Crippen LogP contribution is -2.23. The Kier molecular flexibility index (Phi) is 3.94. The predicted molar refractivity (Wildman–Crippen MR) is 64.1 cm³/mol. The normalized spacial score (nSPS) is 21.9. The Morgan fingerprint density at radius 3 is 3.14 bits per heavy atom. The first-order chi connectivity index (χ1) is 6.95. The second-order valence-electron chi connectivity index (χ2n) is 3.04. The molecule has 1 unspecified atom stereocenters. The van der Waals surface area contributed by atoms with Gasteiger partial charge in [-0.1, -0.05) is 0 Å². The molecule has 0 bridgehead atoms. The fraction of sp³-hybridized carbons (Fsp3) is 0.556. The molecule has 1 aromatic rings. The summed E-state index contributed by atoms with van der Waals surface area (Å²) in [5.74, 6) is 4.70. The summed E-state index contributed by atoms with van der Waals surface area (Å²) in [6.07, 6.45) is 5.17. The largest absolute Gasteiger partial charge is 0.368 e. The zero-order chi connectivity index (χ0) is 9.64. The summed E-state index contributed by atoms with van der Waals surface area (Å²) < 4.78 is 0. The fourth-order valence-electron chi connectivity index (χ4n) is 1.26. The highest BCUT2D eigenvalue weighted by atomic mass is 32.2. The second kappa shape index (κ2) is 5.46. The first kappa shape index (κ1) is 10.1. The van der Waals surface area contributed by atoms with Crippen molar-refractivity contribution in [3.63, 3.8) is 0 Å². The average Bonchev–Trinajstić information content (AvgIpc) is 2.29. The second-order valence-corrected chi connectivity index (χ2v) is 5.60. The van der Waals surface area contributed by atoms with Crippen LogP contribution in [0.25, 0.3) is 0 Å². The topological polar surface area (TPSA) is 37.8 Å². The first-order valence-electron chi connectivity index (χ1n) is 4.64. The van der Waals surface area contributed by atoms with Gasteiger partial charge < -0.3 is 5.32 Å². The van der Waals surface area contributed by atoms with Crippen molar-refractivity contribution in [2.45, 2.75) is 5.25 Å². The SMILES string of the molecule is c1cnc(NCC2CSCCS2)cn1. The molecule has 0 saturated carbocycles. The van der Waals surface area contributed by atoms with Gasteiger partial charge in [0.15, 0.2) is 0 Å². The minimum Gasteiger partial charge on any atom is -0.368 e. The van der Waals surface area contributed by atoms with Gasteiger partial charge in [-0.05, 0) is 0 Å². The van der Waals surface area contributed by atoms with Crippen molar-refractivity contribution in [3.8, 4) is 0 Å². The molecule has 1 atom stereocenters. The molecule has 0 amide bonds. The molecule has 5 heteroatoms. The van der Waals surface area contributed by atoms with Gasteiger partial charge >= 0.3 is 0 Å². The number of anilines is 1. The van der Waals surface area contributed by atoms with Gasteiger partial charge in [-0.2, -0.15) is 23.5 Å². The number of nitrogens with zero attached hydrogens (tertiary/aromatic N) is 2. The number of aromatic nitrogens is 2. The van der Waals surface area contributed by atoms with Crippen LogP contribution in [0, 0.1) is 0 Å². The lowest BCUT2D eigenvalue weighted by molar-refractivity contribution is 0.987. The molecule has 76 valence electrons. The van der Waals surface area contributed by atoms with Crippen molar-refractivity contribution in [2.24, 2.45) is 0 Å². The van der Waals surface area contributed by atoms with Crippen LogP contribution in [0.2, 0.25) is 0 Å². The van der Waals surface area contributed by atoms with E-state index in [9.17, 15) is 0 Å². The van der Waals surface area contributed by atoms with E-state index < -0.39 is 0 Å². The molecule has 0 radical (unpaired) electrons. The minimum atomic E-state index is 0.718. The average molecular weight is 227 g/mol. The van der Waals surface area contributed by atoms with Crippen molar-refractivity contribution in [1.29, 1.82) is 0 Å². The van der Waals surface area contributed by atoms with Crippen molar-refractivity contribution in [2.75, 3.05) is 29.1 Å². The smallest absolute Gasteiger partial charge is 0.144 e. The maximum atomic E-state index is 4.17. The van der Waals surface area contributed by atoms with Crippen molar-refractivity contribution < 1.29 is 0 Å². The van der Waals surface area contributed by atoms with Gasteiger partial charge in [-0.3, -0.25) is 4.98 Å². The van der Waals surface area contributed by atoms with Gasteiger partial charge in [-0.25, -0.2) is 4.98 Å². The highest BCUT2D eigenvalue weighted by Crippen LogP contribution is 2.23. The molecule has 1 fully saturated rings. The van der Waals surface area contributed by atoms with Crippen LogP contribution in [0.15, 0.2) is 18.6 Å². The van der Waals surface area contributed by atoms with E-state index in [-0.39, 0.29) is 0 Å². The molecule has 2 heterocycles. The summed E-state index contributed by atoms with van der Waals surface area (Å²) in [7, 11) is 0. The molecular weight excluding hydrogens is 214 g/mol. The van der Waals surface area contributed by atoms with E-state index in [1.165, 1.54) is 17.3 Å². The van der Waals surface area contributed by atoms with Crippen LogP contribution in [0.5, 0.6) is 0 Å².